The molecule has 0 aliphatic carbocycles. The van der Waals surface area contributed by atoms with E-state index >= 15 is 0 Å². The molecule has 2 atom stereocenters. The highest BCUT2D eigenvalue weighted by atomic mass is 16.6. The van der Waals surface area contributed by atoms with Gasteiger partial charge in [0.25, 0.3) is 0 Å². The zero-order valence-corrected chi connectivity index (χ0v) is 18.3. The predicted octanol–water partition coefficient (Wildman–Crippen LogP) is -0.246. The molecule has 0 aliphatic heterocycles. The number of carbonyl (C=O) groups is 4. The number of hydrogen-bond acceptors (Lipinski definition) is 10. The lowest BCUT2D eigenvalue weighted by Crippen LogP contribution is -2.45. The van der Waals surface area contributed by atoms with Gasteiger partial charge in [0, 0.05) is 16.4 Å². The van der Waals surface area contributed by atoms with Gasteiger partial charge < -0.3 is 20.5 Å². The molecular weight excluding hydrogens is 444 g/mol. The standard InChI is InChI=1S/C14H18N2O5.C5H8N2O5/c1-3-10-6-5-7-11(8-10)9-15-13(17)12(16(19)20)14(18)21-4-2;1-2-12-5(9)3(4(6)8)7(10)11/h5-8,12H,3-4,9H2,1-2H3,(H,15,17);3H,2H2,1H3,(H2,6,8). The second-order valence-electron chi connectivity index (χ2n) is 6.17. The van der Waals surface area contributed by atoms with Gasteiger partial charge in [0.2, 0.25) is 0 Å². The molecule has 0 saturated heterocycles. The minimum Gasteiger partial charge on any atom is -0.460 e. The van der Waals surface area contributed by atoms with Crippen molar-refractivity contribution in [2.45, 2.75) is 45.8 Å². The van der Waals surface area contributed by atoms with Crippen molar-refractivity contribution in [1.82, 2.24) is 5.32 Å². The number of rotatable bonds is 11. The molecule has 3 N–H and O–H groups in total. The summed E-state index contributed by atoms with van der Waals surface area (Å²) in [5, 5.41) is 23.3. The number of primary amides is 1. The molecule has 0 spiro atoms. The van der Waals surface area contributed by atoms with Gasteiger partial charge in [-0.15, -0.1) is 0 Å². The van der Waals surface area contributed by atoms with Crippen molar-refractivity contribution in [3.8, 4) is 0 Å². The van der Waals surface area contributed by atoms with Crippen LogP contribution in [0.2, 0.25) is 0 Å². The summed E-state index contributed by atoms with van der Waals surface area (Å²) in [7, 11) is 0. The summed E-state index contributed by atoms with van der Waals surface area (Å²) < 4.78 is 8.78. The van der Waals surface area contributed by atoms with Crippen LogP contribution in [0.15, 0.2) is 24.3 Å². The van der Waals surface area contributed by atoms with Gasteiger partial charge in [-0.1, -0.05) is 31.2 Å². The first-order valence-electron chi connectivity index (χ1n) is 9.75. The number of nitrogens with two attached hydrogens (primary N) is 1. The molecule has 0 bridgehead atoms. The largest absolute Gasteiger partial charge is 0.460 e. The Morgan fingerprint density at radius 3 is 1.85 bits per heavy atom. The Kier molecular flexibility index (Phi) is 13.0. The summed E-state index contributed by atoms with van der Waals surface area (Å²) in [6.45, 7) is 5.06. The number of amides is 2. The molecular formula is C19H26N4O10. The monoisotopic (exact) mass is 470 g/mol. The number of nitrogens with zero attached hydrogens (tertiary/aromatic N) is 2. The number of esters is 2. The maximum atomic E-state index is 11.8. The Balaban J connectivity index is 0.000000728. The quantitative estimate of drug-likeness (QED) is 0.187. The average molecular weight is 470 g/mol. The molecule has 14 heteroatoms. The van der Waals surface area contributed by atoms with E-state index in [0.29, 0.717) is 0 Å². The molecule has 0 fully saturated rings. The van der Waals surface area contributed by atoms with E-state index in [0.717, 1.165) is 17.5 Å². The lowest BCUT2D eigenvalue weighted by atomic mass is 10.1. The number of aryl methyl sites for hydroxylation is 1. The third-order valence-corrected chi connectivity index (χ3v) is 3.83. The second kappa shape index (κ2) is 14.8. The molecule has 0 saturated carbocycles. The molecule has 0 radical (unpaired) electrons. The van der Waals surface area contributed by atoms with E-state index in [2.05, 4.69) is 20.5 Å². The zero-order chi connectivity index (χ0) is 25.6. The summed E-state index contributed by atoms with van der Waals surface area (Å²) in [5.41, 5.74) is 6.50. The maximum absolute atomic E-state index is 11.8. The van der Waals surface area contributed by atoms with Gasteiger partial charge in [-0.25, -0.2) is 9.59 Å². The third kappa shape index (κ3) is 10.2. The number of carbonyl (C=O) groups excluding carboxylic acids is 4. The van der Waals surface area contributed by atoms with Crippen LogP contribution in [0.5, 0.6) is 0 Å². The molecule has 1 aromatic rings. The molecule has 1 aromatic carbocycles. The molecule has 0 heterocycles. The number of nitrogens with one attached hydrogen (secondary N) is 1. The van der Waals surface area contributed by atoms with E-state index in [9.17, 15) is 39.4 Å². The minimum atomic E-state index is -2.09. The number of hydrogen-bond donors (Lipinski definition) is 2. The van der Waals surface area contributed by atoms with Gasteiger partial charge >= 0.3 is 35.8 Å². The first-order valence-corrected chi connectivity index (χ1v) is 9.75. The van der Waals surface area contributed by atoms with Crippen LogP contribution in [0.1, 0.15) is 31.9 Å². The Morgan fingerprint density at radius 2 is 1.42 bits per heavy atom. The molecule has 2 amide bonds. The summed E-state index contributed by atoms with van der Waals surface area (Å²) in [5.74, 6) is -4.67. The van der Waals surface area contributed by atoms with Crippen LogP contribution in [-0.2, 0) is 41.6 Å². The molecule has 182 valence electrons. The van der Waals surface area contributed by atoms with Crippen molar-refractivity contribution in [1.29, 1.82) is 0 Å². The molecule has 14 nitrogen and oxygen atoms in total. The molecule has 0 aliphatic rings. The van der Waals surface area contributed by atoms with Crippen molar-refractivity contribution in [2.75, 3.05) is 13.2 Å². The van der Waals surface area contributed by atoms with E-state index in [4.69, 9.17) is 0 Å². The smallest absolute Gasteiger partial charge is 0.392 e. The van der Waals surface area contributed by atoms with E-state index in [1.54, 1.807) is 6.07 Å². The van der Waals surface area contributed by atoms with Crippen LogP contribution in [-0.4, -0.2) is 58.9 Å². The van der Waals surface area contributed by atoms with Crippen LogP contribution < -0.4 is 11.1 Å². The topological polar surface area (TPSA) is 211 Å². The van der Waals surface area contributed by atoms with Gasteiger partial charge in [-0.05, 0) is 31.4 Å². The Hall–Kier alpha value is -4.10. The molecule has 1 rings (SSSR count). The normalized spacial score (nSPS) is 11.6. The fourth-order valence-corrected chi connectivity index (χ4v) is 2.28. The van der Waals surface area contributed by atoms with Crippen molar-refractivity contribution in [3.05, 3.63) is 55.6 Å². The van der Waals surface area contributed by atoms with Crippen LogP contribution >= 0.6 is 0 Å². The third-order valence-electron chi connectivity index (χ3n) is 3.83. The van der Waals surface area contributed by atoms with Crippen LogP contribution in [0, 0.1) is 20.2 Å². The first-order chi connectivity index (χ1) is 15.5. The highest BCUT2D eigenvalue weighted by Gasteiger charge is 2.39. The maximum Gasteiger partial charge on any atom is 0.392 e. The minimum absolute atomic E-state index is 0.0189. The second-order valence-corrected chi connectivity index (χ2v) is 6.17. The molecule has 33 heavy (non-hydrogen) atoms. The SMILES string of the molecule is CCOC(=O)C(C(=O)NCc1cccc(CC)c1)[N+](=O)[O-].CCOC(=O)C(C(N)=O)[N+](=O)[O-]. The van der Waals surface area contributed by atoms with Crippen LogP contribution in [0.25, 0.3) is 0 Å². The summed E-state index contributed by atoms with van der Waals surface area (Å²) in [6.07, 6.45) is 0.849. The van der Waals surface area contributed by atoms with Crippen molar-refractivity contribution in [3.63, 3.8) is 0 Å². The van der Waals surface area contributed by atoms with E-state index < -0.39 is 45.7 Å². The molecule has 2 unspecified atom stereocenters. The highest BCUT2D eigenvalue weighted by Crippen LogP contribution is 2.06. The van der Waals surface area contributed by atoms with Crippen molar-refractivity contribution in [2.24, 2.45) is 5.73 Å². The number of nitro groups is 2. The van der Waals surface area contributed by atoms with Gasteiger partial charge in [0.05, 0.1) is 13.2 Å². The number of benzene rings is 1. The first kappa shape index (κ1) is 28.9. The van der Waals surface area contributed by atoms with Gasteiger partial charge in [0.15, 0.2) is 0 Å². The van der Waals surface area contributed by atoms with Crippen molar-refractivity contribution >= 4 is 23.8 Å². The van der Waals surface area contributed by atoms with Crippen LogP contribution in [0.3, 0.4) is 0 Å². The predicted molar refractivity (Wildman–Crippen MR) is 112 cm³/mol. The Bertz CT molecular complexity index is 860. The number of ether oxygens (including phenoxy) is 2. The lowest BCUT2D eigenvalue weighted by molar-refractivity contribution is -0.496. The Labute approximate surface area is 188 Å². The van der Waals surface area contributed by atoms with Crippen molar-refractivity contribution < 1.29 is 38.5 Å². The van der Waals surface area contributed by atoms with Gasteiger partial charge in [0.1, 0.15) is 0 Å². The van der Waals surface area contributed by atoms with Gasteiger partial charge in [-0.2, -0.15) is 0 Å². The fraction of sp³-hybridized carbons (Fsp3) is 0.474. The van der Waals surface area contributed by atoms with E-state index in [1.807, 2.05) is 25.1 Å². The summed E-state index contributed by atoms with van der Waals surface area (Å²) in [6, 6.07) is 3.36. The van der Waals surface area contributed by atoms with Crippen LogP contribution in [0.4, 0.5) is 0 Å². The zero-order valence-electron chi connectivity index (χ0n) is 18.3. The summed E-state index contributed by atoms with van der Waals surface area (Å²) in [4.78, 5) is 63.0. The Morgan fingerprint density at radius 1 is 0.939 bits per heavy atom. The lowest BCUT2D eigenvalue weighted by Gasteiger charge is -2.10. The average Bonchev–Trinajstić information content (AvgIpc) is 2.72. The van der Waals surface area contributed by atoms with Gasteiger partial charge in [-0.3, -0.25) is 29.8 Å². The molecule has 0 aromatic heterocycles. The fourth-order valence-electron chi connectivity index (χ4n) is 2.28. The van der Waals surface area contributed by atoms with E-state index in [1.165, 1.54) is 13.8 Å². The highest BCUT2D eigenvalue weighted by molar-refractivity contribution is 6.00. The van der Waals surface area contributed by atoms with E-state index in [-0.39, 0.29) is 19.8 Å². The summed E-state index contributed by atoms with van der Waals surface area (Å²) >= 11 is 0.